The van der Waals surface area contributed by atoms with Crippen molar-refractivity contribution in [1.29, 1.82) is 0 Å². The largest absolute Gasteiger partial charge is 0.460 e. The van der Waals surface area contributed by atoms with Crippen molar-refractivity contribution in [1.82, 2.24) is 0 Å². The molecule has 0 saturated heterocycles. The van der Waals surface area contributed by atoms with E-state index in [1.54, 1.807) is 6.26 Å². The molecule has 0 bridgehead atoms. The van der Waals surface area contributed by atoms with Crippen molar-refractivity contribution >= 4 is 37.7 Å². The number of fused-ring (bicyclic) bond motifs is 1. The zero-order chi connectivity index (χ0) is 11.2. The molecule has 0 aliphatic rings. The molecule has 80 valence electrons. The summed E-state index contributed by atoms with van der Waals surface area (Å²) < 4.78 is 18.2. The van der Waals surface area contributed by atoms with Gasteiger partial charge in [-0.15, -0.1) is 0 Å². The van der Waals surface area contributed by atoms with E-state index in [1.165, 1.54) is 0 Å². The third-order valence-electron chi connectivity index (χ3n) is 2.35. The Morgan fingerprint density at radius 1 is 1.33 bits per heavy atom. The first-order valence-electron chi connectivity index (χ1n) is 4.53. The molecule has 15 heavy (non-hydrogen) atoms. The Hall–Kier alpha value is -0.610. The lowest BCUT2D eigenvalue weighted by Crippen LogP contribution is -1.87. The van der Waals surface area contributed by atoms with Gasteiger partial charge in [-0.1, -0.05) is 15.9 Å². The summed E-state index contributed by atoms with van der Waals surface area (Å²) in [6.07, 6.45) is 1.67. The minimum Gasteiger partial charge on any atom is -0.460 e. The maximum atomic E-state index is 11.6. The van der Waals surface area contributed by atoms with Gasteiger partial charge in [-0.2, -0.15) is 0 Å². The number of benzene rings is 1. The average Bonchev–Trinajstić information content (AvgIpc) is 2.41. The van der Waals surface area contributed by atoms with Gasteiger partial charge < -0.3 is 4.42 Å². The van der Waals surface area contributed by atoms with Gasteiger partial charge in [0.25, 0.3) is 0 Å². The fourth-order valence-corrected chi connectivity index (χ4v) is 3.26. The van der Waals surface area contributed by atoms with E-state index < -0.39 is 10.8 Å². The molecule has 2 nitrogen and oxygen atoms in total. The molecule has 1 aromatic carbocycles. The van der Waals surface area contributed by atoms with E-state index >= 15 is 0 Å². The van der Waals surface area contributed by atoms with Crippen LogP contribution in [0.4, 0.5) is 0 Å². The molecule has 0 aliphatic heterocycles. The van der Waals surface area contributed by atoms with Crippen LogP contribution in [0.5, 0.6) is 0 Å². The molecule has 1 aromatic heterocycles. The Kier molecular flexibility index (Phi) is 2.73. The predicted octanol–water partition coefficient (Wildman–Crippen LogP) is 3.55. The van der Waals surface area contributed by atoms with Gasteiger partial charge >= 0.3 is 0 Å². The van der Waals surface area contributed by atoms with E-state index in [4.69, 9.17) is 4.42 Å². The number of furan rings is 1. The van der Waals surface area contributed by atoms with Crippen molar-refractivity contribution < 1.29 is 8.63 Å². The van der Waals surface area contributed by atoms with Crippen LogP contribution < -0.4 is 0 Å². The van der Waals surface area contributed by atoms with E-state index in [-0.39, 0.29) is 0 Å². The minimum atomic E-state index is -1.02. The Morgan fingerprint density at radius 3 is 2.60 bits per heavy atom. The predicted molar refractivity (Wildman–Crippen MR) is 65.7 cm³/mol. The van der Waals surface area contributed by atoms with Crippen LogP contribution in [-0.4, -0.2) is 10.5 Å². The second-order valence-electron chi connectivity index (χ2n) is 3.54. The molecule has 1 atom stereocenters. The number of hydrogen-bond acceptors (Lipinski definition) is 2. The molecular formula is C11H11BrO2S. The first-order chi connectivity index (χ1) is 7.00. The molecular weight excluding hydrogens is 276 g/mol. The van der Waals surface area contributed by atoms with Crippen LogP contribution in [0.25, 0.3) is 11.0 Å². The van der Waals surface area contributed by atoms with Crippen LogP contribution in [0.1, 0.15) is 11.3 Å². The normalized spacial score (nSPS) is 13.3. The highest BCUT2D eigenvalue weighted by Gasteiger charge is 2.15. The molecule has 1 unspecified atom stereocenters. The van der Waals surface area contributed by atoms with Gasteiger partial charge in [-0.25, -0.2) is 0 Å². The van der Waals surface area contributed by atoms with Crippen LogP contribution in [-0.2, 0) is 10.8 Å². The highest BCUT2D eigenvalue weighted by atomic mass is 79.9. The monoisotopic (exact) mass is 286 g/mol. The molecule has 0 fully saturated rings. The van der Waals surface area contributed by atoms with Crippen molar-refractivity contribution in [3.63, 3.8) is 0 Å². The van der Waals surface area contributed by atoms with Gasteiger partial charge in [-0.05, 0) is 31.5 Å². The fraction of sp³-hybridized carbons (Fsp3) is 0.273. The number of hydrogen-bond donors (Lipinski definition) is 0. The Bertz CT molecular complexity index is 557. The van der Waals surface area contributed by atoms with Crippen LogP contribution in [0.3, 0.4) is 0 Å². The van der Waals surface area contributed by atoms with Crippen LogP contribution in [0, 0.1) is 13.8 Å². The molecule has 2 rings (SSSR count). The molecule has 0 saturated carbocycles. The summed E-state index contributed by atoms with van der Waals surface area (Å²) in [4.78, 5) is 0.800. The zero-order valence-corrected chi connectivity index (χ0v) is 11.2. The van der Waals surface area contributed by atoms with Crippen molar-refractivity contribution in [3.05, 3.63) is 27.9 Å². The fourth-order valence-electron chi connectivity index (χ4n) is 1.78. The molecule has 0 N–H and O–H groups in total. The minimum absolute atomic E-state index is 0.743. The standard InChI is InChI=1S/C11H11BrO2S/c1-6-4-8(12)5-9-10(6)14-7(2)11(9)15(3)13/h4-5H,1-3H3. The summed E-state index contributed by atoms with van der Waals surface area (Å²) in [5.41, 5.74) is 1.89. The maximum Gasteiger partial charge on any atom is 0.138 e. The lowest BCUT2D eigenvalue weighted by atomic mass is 10.2. The third-order valence-corrected chi connectivity index (χ3v) is 3.89. The van der Waals surface area contributed by atoms with E-state index in [0.717, 1.165) is 31.7 Å². The van der Waals surface area contributed by atoms with Gasteiger partial charge in [0, 0.05) is 16.1 Å². The molecule has 2 aromatic rings. The number of aryl methyl sites for hydroxylation is 2. The number of rotatable bonds is 1. The van der Waals surface area contributed by atoms with E-state index in [1.807, 2.05) is 26.0 Å². The summed E-state index contributed by atoms with van der Waals surface area (Å²) >= 11 is 3.44. The molecule has 0 aliphatic carbocycles. The smallest absolute Gasteiger partial charge is 0.138 e. The maximum absolute atomic E-state index is 11.6. The average molecular weight is 287 g/mol. The lowest BCUT2D eigenvalue weighted by molar-refractivity contribution is 0.564. The second-order valence-corrected chi connectivity index (χ2v) is 5.77. The summed E-state index contributed by atoms with van der Waals surface area (Å²) in [6, 6.07) is 3.95. The van der Waals surface area contributed by atoms with Gasteiger partial charge in [0.15, 0.2) is 0 Å². The van der Waals surface area contributed by atoms with E-state index in [9.17, 15) is 4.21 Å². The van der Waals surface area contributed by atoms with Gasteiger partial charge in [0.2, 0.25) is 0 Å². The Labute approximate surface area is 99.2 Å². The zero-order valence-electron chi connectivity index (χ0n) is 8.76. The van der Waals surface area contributed by atoms with Gasteiger partial charge in [0.05, 0.1) is 15.7 Å². The molecule has 0 spiro atoms. The summed E-state index contributed by atoms with van der Waals surface area (Å²) in [7, 11) is -1.02. The summed E-state index contributed by atoms with van der Waals surface area (Å²) in [6.45, 7) is 3.84. The Balaban J connectivity index is 2.93. The van der Waals surface area contributed by atoms with Crippen molar-refractivity contribution in [2.75, 3.05) is 6.26 Å². The highest BCUT2D eigenvalue weighted by molar-refractivity contribution is 9.10. The second kappa shape index (κ2) is 3.76. The SMILES string of the molecule is Cc1oc2c(C)cc(Br)cc2c1S(C)=O. The summed E-state index contributed by atoms with van der Waals surface area (Å²) in [5.74, 6) is 0.743. The first-order valence-corrected chi connectivity index (χ1v) is 6.88. The molecule has 0 radical (unpaired) electrons. The van der Waals surface area contributed by atoms with E-state index in [0.29, 0.717) is 0 Å². The summed E-state index contributed by atoms with van der Waals surface area (Å²) in [5, 5.41) is 0.945. The Morgan fingerprint density at radius 2 is 2.00 bits per heavy atom. The van der Waals surface area contributed by atoms with Gasteiger partial charge in [0.1, 0.15) is 11.3 Å². The highest BCUT2D eigenvalue weighted by Crippen LogP contribution is 2.32. The topological polar surface area (TPSA) is 30.2 Å². The molecule has 4 heteroatoms. The quantitative estimate of drug-likeness (QED) is 0.803. The molecule has 0 amide bonds. The van der Waals surface area contributed by atoms with Crippen LogP contribution in [0.15, 0.2) is 25.9 Å². The lowest BCUT2D eigenvalue weighted by Gasteiger charge is -1.97. The number of halogens is 1. The third kappa shape index (κ3) is 1.76. The van der Waals surface area contributed by atoms with Crippen LogP contribution >= 0.6 is 15.9 Å². The van der Waals surface area contributed by atoms with Crippen molar-refractivity contribution in [2.45, 2.75) is 18.7 Å². The first kappa shape index (κ1) is 10.9. The van der Waals surface area contributed by atoms with E-state index in [2.05, 4.69) is 15.9 Å². The van der Waals surface area contributed by atoms with Gasteiger partial charge in [-0.3, -0.25) is 4.21 Å². The van der Waals surface area contributed by atoms with Crippen molar-refractivity contribution in [3.8, 4) is 0 Å². The van der Waals surface area contributed by atoms with Crippen LogP contribution in [0.2, 0.25) is 0 Å². The molecule has 1 heterocycles. The van der Waals surface area contributed by atoms with Crippen molar-refractivity contribution in [2.24, 2.45) is 0 Å².